The van der Waals surface area contributed by atoms with Gasteiger partial charge in [-0.15, -0.1) is 0 Å². The molecule has 0 bridgehead atoms. The summed E-state index contributed by atoms with van der Waals surface area (Å²) in [5, 5.41) is 3.04. The van der Waals surface area contributed by atoms with Crippen molar-refractivity contribution in [3.05, 3.63) is 89.5 Å². The molecule has 1 atom stereocenters. The van der Waals surface area contributed by atoms with E-state index in [1.807, 2.05) is 44.2 Å². The highest BCUT2D eigenvalue weighted by molar-refractivity contribution is 5.94. The van der Waals surface area contributed by atoms with Crippen molar-refractivity contribution in [1.29, 1.82) is 0 Å². The number of ether oxygens (including phenoxy) is 3. The molecule has 1 amide bonds. The number of nitrogens with one attached hydrogen (secondary N) is 1. The van der Waals surface area contributed by atoms with Gasteiger partial charge in [-0.2, -0.15) is 0 Å². The molecule has 0 spiro atoms. The van der Waals surface area contributed by atoms with E-state index >= 15 is 0 Å². The third-order valence-electron chi connectivity index (χ3n) is 5.24. The Labute approximate surface area is 190 Å². The molecule has 0 aromatic heterocycles. The molecule has 0 aliphatic carbocycles. The first-order chi connectivity index (χ1) is 15.5. The minimum Gasteiger partial charge on any atom is -0.497 e. The molecule has 0 saturated heterocycles. The minimum absolute atomic E-state index is 0.0652. The van der Waals surface area contributed by atoms with Gasteiger partial charge in [0.2, 0.25) is 0 Å². The van der Waals surface area contributed by atoms with Crippen LogP contribution in [-0.4, -0.2) is 32.8 Å². The van der Waals surface area contributed by atoms with E-state index in [0.29, 0.717) is 12.1 Å². The SMILES string of the molecule is COc1ccc(C(=O)NCCC(c2ccc(OC(C)C)cc2)c2ccccc2OC)cc1. The summed E-state index contributed by atoms with van der Waals surface area (Å²) < 4.78 is 16.6. The first kappa shape index (κ1) is 23.2. The Bertz CT molecular complexity index is 997. The summed E-state index contributed by atoms with van der Waals surface area (Å²) in [5.74, 6) is 2.36. The Kier molecular flexibility index (Phi) is 8.14. The van der Waals surface area contributed by atoms with Crippen molar-refractivity contribution in [3.63, 3.8) is 0 Å². The van der Waals surface area contributed by atoms with E-state index in [1.165, 1.54) is 0 Å². The van der Waals surface area contributed by atoms with Crippen LogP contribution in [0.4, 0.5) is 0 Å². The fourth-order valence-corrected chi connectivity index (χ4v) is 3.68. The maximum atomic E-state index is 12.6. The Hall–Kier alpha value is -3.47. The minimum atomic E-state index is -0.105. The molecule has 5 heteroatoms. The van der Waals surface area contributed by atoms with Gasteiger partial charge in [0.1, 0.15) is 17.2 Å². The van der Waals surface area contributed by atoms with Crippen LogP contribution in [0.5, 0.6) is 17.2 Å². The Morgan fingerprint density at radius 3 is 2.12 bits per heavy atom. The second-order valence-corrected chi connectivity index (χ2v) is 7.80. The smallest absolute Gasteiger partial charge is 0.251 e. The number of methoxy groups -OCH3 is 2. The monoisotopic (exact) mass is 433 g/mol. The molecule has 1 unspecified atom stereocenters. The van der Waals surface area contributed by atoms with Crippen molar-refractivity contribution in [2.24, 2.45) is 0 Å². The summed E-state index contributed by atoms with van der Waals surface area (Å²) in [6.45, 7) is 4.55. The van der Waals surface area contributed by atoms with Gasteiger partial charge < -0.3 is 19.5 Å². The topological polar surface area (TPSA) is 56.8 Å². The molecule has 3 aromatic carbocycles. The lowest BCUT2D eigenvalue weighted by Crippen LogP contribution is -2.25. The number of benzene rings is 3. The van der Waals surface area contributed by atoms with E-state index in [9.17, 15) is 4.79 Å². The number of hydrogen-bond acceptors (Lipinski definition) is 4. The maximum Gasteiger partial charge on any atom is 0.251 e. The van der Waals surface area contributed by atoms with Crippen LogP contribution in [0.1, 0.15) is 47.7 Å². The lowest BCUT2D eigenvalue weighted by atomic mass is 9.87. The quantitative estimate of drug-likeness (QED) is 0.462. The first-order valence-corrected chi connectivity index (χ1v) is 10.8. The van der Waals surface area contributed by atoms with Gasteiger partial charge in [-0.05, 0) is 68.3 Å². The highest BCUT2D eigenvalue weighted by Crippen LogP contribution is 2.35. The second kappa shape index (κ2) is 11.2. The lowest BCUT2D eigenvalue weighted by molar-refractivity contribution is 0.0952. The fourth-order valence-electron chi connectivity index (χ4n) is 3.68. The van der Waals surface area contributed by atoms with Gasteiger partial charge in [-0.25, -0.2) is 0 Å². The third kappa shape index (κ3) is 6.03. The zero-order chi connectivity index (χ0) is 22.9. The van der Waals surface area contributed by atoms with Crippen LogP contribution in [0.15, 0.2) is 72.8 Å². The molecular weight excluding hydrogens is 402 g/mol. The second-order valence-electron chi connectivity index (χ2n) is 7.80. The lowest BCUT2D eigenvalue weighted by Gasteiger charge is -2.21. The predicted molar refractivity (Wildman–Crippen MR) is 127 cm³/mol. The number of amides is 1. The number of carbonyl (C=O) groups excluding carboxylic acids is 1. The summed E-state index contributed by atoms with van der Waals surface area (Å²) >= 11 is 0. The van der Waals surface area contributed by atoms with Gasteiger partial charge in [0.15, 0.2) is 0 Å². The average molecular weight is 434 g/mol. The zero-order valence-electron chi connectivity index (χ0n) is 19.1. The molecule has 3 aromatic rings. The van der Waals surface area contributed by atoms with Gasteiger partial charge in [0.05, 0.1) is 20.3 Å². The van der Waals surface area contributed by atoms with Crippen LogP contribution >= 0.6 is 0 Å². The largest absolute Gasteiger partial charge is 0.497 e. The molecule has 1 N–H and O–H groups in total. The van der Waals surface area contributed by atoms with Crippen molar-refractivity contribution in [2.45, 2.75) is 32.3 Å². The number of para-hydroxylation sites is 1. The zero-order valence-corrected chi connectivity index (χ0v) is 19.1. The van der Waals surface area contributed by atoms with E-state index in [4.69, 9.17) is 14.2 Å². The molecule has 0 radical (unpaired) electrons. The highest BCUT2D eigenvalue weighted by atomic mass is 16.5. The van der Waals surface area contributed by atoms with Crippen LogP contribution in [0, 0.1) is 0 Å². The van der Waals surface area contributed by atoms with E-state index in [1.54, 1.807) is 38.5 Å². The molecule has 0 heterocycles. The van der Waals surface area contributed by atoms with Gasteiger partial charge in [-0.3, -0.25) is 4.79 Å². The summed E-state index contributed by atoms with van der Waals surface area (Å²) in [7, 11) is 3.29. The normalized spacial score (nSPS) is 11.7. The van der Waals surface area contributed by atoms with E-state index in [2.05, 4.69) is 23.5 Å². The average Bonchev–Trinajstić information content (AvgIpc) is 2.82. The van der Waals surface area contributed by atoms with E-state index in [-0.39, 0.29) is 17.9 Å². The standard InChI is InChI=1S/C27H31NO4/c1-19(2)32-23-15-9-20(10-16-23)24(25-7-5-6-8-26(25)31-4)17-18-28-27(29)21-11-13-22(30-3)14-12-21/h5-16,19,24H,17-18H2,1-4H3,(H,28,29). The highest BCUT2D eigenvalue weighted by Gasteiger charge is 2.19. The van der Waals surface area contributed by atoms with Gasteiger partial charge in [0.25, 0.3) is 5.91 Å². The summed E-state index contributed by atoms with van der Waals surface area (Å²) in [6, 6.07) is 23.3. The predicted octanol–water partition coefficient (Wildman–Crippen LogP) is 5.44. The van der Waals surface area contributed by atoms with E-state index in [0.717, 1.165) is 34.8 Å². The molecule has 0 fully saturated rings. The van der Waals surface area contributed by atoms with Crippen LogP contribution in [-0.2, 0) is 0 Å². The number of hydrogen-bond donors (Lipinski definition) is 1. The number of carbonyl (C=O) groups is 1. The van der Waals surface area contributed by atoms with Crippen LogP contribution in [0.3, 0.4) is 0 Å². The van der Waals surface area contributed by atoms with Gasteiger partial charge in [0, 0.05) is 23.6 Å². The molecule has 32 heavy (non-hydrogen) atoms. The fraction of sp³-hybridized carbons (Fsp3) is 0.296. The molecule has 168 valence electrons. The summed E-state index contributed by atoms with van der Waals surface area (Å²) in [6.07, 6.45) is 0.853. The van der Waals surface area contributed by atoms with Crippen LogP contribution < -0.4 is 19.5 Å². The molecule has 3 rings (SSSR count). The third-order valence-corrected chi connectivity index (χ3v) is 5.24. The summed E-state index contributed by atoms with van der Waals surface area (Å²) in [5.41, 5.74) is 2.84. The van der Waals surface area contributed by atoms with Gasteiger partial charge >= 0.3 is 0 Å². The Morgan fingerprint density at radius 1 is 0.844 bits per heavy atom. The molecule has 0 aliphatic heterocycles. The van der Waals surface area contributed by atoms with Crippen LogP contribution in [0.25, 0.3) is 0 Å². The van der Waals surface area contributed by atoms with Crippen molar-refractivity contribution in [1.82, 2.24) is 5.32 Å². The van der Waals surface area contributed by atoms with Crippen molar-refractivity contribution in [2.75, 3.05) is 20.8 Å². The Balaban J connectivity index is 1.76. The maximum absolute atomic E-state index is 12.6. The van der Waals surface area contributed by atoms with Crippen molar-refractivity contribution < 1.29 is 19.0 Å². The van der Waals surface area contributed by atoms with Crippen molar-refractivity contribution >= 4 is 5.91 Å². The Morgan fingerprint density at radius 2 is 1.50 bits per heavy atom. The molecule has 0 aliphatic rings. The van der Waals surface area contributed by atoms with Gasteiger partial charge in [-0.1, -0.05) is 30.3 Å². The van der Waals surface area contributed by atoms with Crippen molar-refractivity contribution in [3.8, 4) is 17.2 Å². The molecular formula is C27H31NO4. The molecule has 5 nitrogen and oxygen atoms in total. The van der Waals surface area contributed by atoms with Crippen LogP contribution in [0.2, 0.25) is 0 Å². The number of rotatable bonds is 10. The summed E-state index contributed by atoms with van der Waals surface area (Å²) in [4.78, 5) is 12.6. The first-order valence-electron chi connectivity index (χ1n) is 10.8. The molecule has 0 saturated carbocycles. The van der Waals surface area contributed by atoms with E-state index < -0.39 is 0 Å².